The number of ketones is 1. The molecular weight excluding hydrogens is 428 g/mol. The third-order valence-electron chi connectivity index (χ3n) is 4.58. The highest BCUT2D eigenvalue weighted by molar-refractivity contribution is 9.09. The van der Waals surface area contributed by atoms with E-state index in [9.17, 15) is 4.79 Å². The van der Waals surface area contributed by atoms with Crippen molar-refractivity contribution in [2.75, 3.05) is 10.7 Å². The van der Waals surface area contributed by atoms with Crippen LogP contribution in [-0.4, -0.2) is 16.4 Å². The fraction of sp³-hybridized carbons (Fsp3) is 0.381. The molecule has 3 heteroatoms. The van der Waals surface area contributed by atoms with Gasteiger partial charge in [-0.05, 0) is 35.1 Å². The van der Waals surface area contributed by atoms with Gasteiger partial charge in [0.05, 0.1) is 11.8 Å². The molecule has 0 aromatic heterocycles. The molecule has 0 aliphatic heterocycles. The number of halogens is 2. The summed E-state index contributed by atoms with van der Waals surface area (Å²) in [6.07, 6.45) is 2.03. The van der Waals surface area contributed by atoms with Crippen LogP contribution in [0.2, 0.25) is 0 Å². The summed E-state index contributed by atoms with van der Waals surface area (Å²) < 4.78 is 0. The lowest BCUT2D eigenvalue weighted by atomic mass is 9.85. The summed E-state index contributed by atoms with van der Waals surface area (Å²) >= 11 is 7.09. The van der Waals surface area contributed by atoms with Crippen LogP contribution in [0.25, 0.3) is 0 Å². The number of alkyl halides is 2. The highest BCUT2D eigenvalue weighted by Crippen LogP contribution is 2.30. The van der Waals surface area contributed by atoms with Crippen molar-refractivity contribution < 1.29 is 4.79 Å². The third-order valence-corrected chi connectivity index (χ3v) is 5.87. The van der Waals surface area contributed by atoms with Crippen LogP contribution in [0.4, 0.5) is 0 Å². The number of aryl methyl sites for hydroxylation is 2. The van der Waals surface area contributed by atoms with Crippen LogP contribution in [-0.2, 0) is 17.6 Å². The largest absolute Gasteiger partial charge is 0.298 e. The first kappa shape index (κ1) is 19.4. The summed E-state index contributed by atoms with van der Waals surface area (Å²) in [6.45, 7) is 4.28. The Balaban J connectivity index is 2.25. The minimum absolute atomic E-state index is 0.121. The molecule has 0 aliphatic rings. The van der Waals surface area contributed by atoms with Crippen molar-refractivity contribution in [3.05, 3.63) is 70.8 Å². The van der Waals surface area contributed by atoms with Gasteiger partial charge in [0.2, 0.25) is 0 Å². The minimum atomic E-state index is -0.121. The lowest BCUT2D eigenvalue weighted by molar-refractivity contribution is -0.121. The van der Waals surface area contributed by atoms with Crippen molar-refractivity contribution in [2.45, 2.75) is 38.5 Å². The first-order valence-electron chi connectivity index (χ1n) is 8.47. The summed E-state index contributed by atoms with van der Waals surface area (Å²) in [5.74, 6) is 0.0193. The van der Waals surface area contributed by atoms with Gasteiger partial charge in [0.15, 0.2) is 0 Å². The van der Waals surface area contributed by atoms with E-state index in [1.807, 2.05) is 0 Å². The maximum Gasteiger partial charge on any atom is 0.149 e. The van der Waals surface area contributed by atoms with Gasteiger partial charge in [-0.15, -0.1) is 0 Å². The number of hydrogen-bond acceptors (Lipinski definition) is 1. The summed E-state index contributed by atoms with van der Waals surface area (Å²) in [6, 6.07) is 16.9. The Bertz CT molecular complexity index is 589. The number of Topliss-reactive ketones (excluding diaryl/α,β-unsaturated/α-hetero) is 1. The van der Waals surface area contributed by atoms with E-state index in [2.05, 4.69) is 94.2 Å². The van der Waals surface area contributed by atoms with Crippen LogP contribution in [0.15, 0.2) is 48.5 Å². The molecule has 0 fully saturated rings. The molecule has 0 spiro atoms. The second kappa shape index (κ2) is 9.53. The molecule has 1 nitrogen and oxygen atoms in total. The molecule has 0 aliphatic carbocycles. The van der Waals surface area contributed by atoms with Crippen molar-refractivity contribution in [1.82, 2.24) is 0 Å². The molecule has 24 heavy (non-hydrogen) atoms. The van der Waals surface area contributed by atoms with Crippen LogP contribution in [0.1, 0.15) is 47.9 Å². The van der Waals surface area contributed by atoms with Crippen molar-refractivity contribution >= 4 is 37.6 Å². The number of benzene rings is 2. The Morgan fingerprint density at radius 3 is 1.33 bits per heavy atom. The van der Waals surface area contributed by atoms with E-state index in [4.69, 9.17) is 0 Å². The van der Waals surface area contributed by atoms with Crippen molar-refractivity contribution in [1.29, 1.82) is 0 Å². The molecule has 0 radical (unpaired) electrons. The van der Waals surface area contributed by atoms with E-state index >= 15 is 0 Å². The molecule has 0 bridgehead atoms. The molecule has 2 aromatic carbocycles. The van der Waals surface area contributed by atoms with E-state index in [1.54, 1.807) is 0 Å². The molecule has 2 aromatic rings. The second-order valence-electron chi connectivity index (χ2n) is 6.01. The van der Waals surface area contributed by atoms with Gasteiger partial charge in [0.25, 0.3) is 0 Å². The minimum Gasteiger partial charge on any atom is -0.298 e. The van der Waals surface area contributed by atoms with E-state index in [0.717, 1.165) is 24.0 Å². The Kier molecular flexibility index (Phi) is 7.70. The molecule has 0 amide bonds. The Morgan fingerprint density at radius 2 is 1.08 bits per heavy atom. The summed E-state index contributed by atoms with van der Waals surface area (Å²) in [5.41, 5.74) is 4.77. The van der Waals surface area contributed by atoms with Gasteiger partial charge in [-0.1, -0.05) is 94.2 Å². The van der Waals surface area contributed by atoms with Crippen molar-refractivity contribution in [3.63, 3.8) is 0 Å². The fourth-order valence-corrected chi connectivity index (χ4v) is 4.26. The van der Waals surface area contributed by atoms with E-state index in [0.29, 0.717) is 10.7 Å². The zero-order valence-electron chi connectivity index (χ0n) is 14.3. The van der Waals surface area contributed by atoms with E-state index < -0.39 is 0 Å². The van der Waals surface area contributed by atoms with E-state index in [-0.39, 0.29) is 17.6 Å². The molecule has 0 saturated carbocycles. The quantitative estimate of drug-likeness (QED) is 0.447. The Hall–Kier alpha value is -0.930. The maximum absolute atomic E-state index is 13.2. The average molecular weight is 452 g/mol. The first-order valence-corrected chi connectivity index (χ1v) is 10.7. The van der Waals surface area contributed by atoms with Gasteiger partial charge in [-0.25, -0.2) is 0 Å². The highest BCUT2D eigenvalue weighted by atomic mass is 79.9. The first-order chi connectivity index (χ1) is 11.6. The molecule has 2 atom stereocenters. The van der Waals surface area contributed by atoms with Crippen LogP contribution in [0, 0.1) is 0 Å². The standard InChI is InChI=1S/C21H24Br2O/c1-3-15-5-9-17(10-6-15)19(13-22)21(24)20(14-23)18-11-7-16(4-2)8-12-18/h5-12,19-20H,3-4,13-14H2,1-2H3. The van der Waals surface area contributed by atoms with Crippen LogP contribution >= 0.6 is 31.9 Å². The Morgan fingerprint density at radius 1 is 0.750 bits per heavy atom. The monoisotopic (exact) mass is 450 g/mol. The Labute approximate surface area is 162 Å². The summed E-state index contributed by atoms with van der Waals surface area (Å²) in [7, 11) is 0. The van der Waals surface area contributed by atoms with Gasteiger partial charge in [-0.2, -0.15) is 0 Å². The van der Waals surface area contributed by atoms with Gasteiger partial charge in [0, 0.05) is 10.7 Å². The lowest BCUT2D eigenvalue weighted by Gasteiger charge is -2.21. The molecule has 128 valence electrons. The normalized spacial score (nSPS) is 13.5. The molecule has 2 rings (SSSR count). The van der Waals surface area contributed by atoms with E-state index in [1.165, 1.54) is 11.1 Å². The van der Waals surface area contributed by atoms with Crippen LogP contribution in [0.5, 0.6) is 0 Å². The second-order valence-corrected chi connectivity index (χ2v) is 7.30. The molecule has 0 N–H and O–H groups in total. The van der Waals surface area contributed by atoms with Crippen LogP contribution < -0.4 is 0 Å². The van der Waals surface area contributed by atoms with Gasteiger partial charge < -0.3 is 0 Å². The number of hydrogen-bond donors (Lipinski definition) is 0. The number of carbonyl (C=O) groups is 1. The van der Waals surface area contributed by atoms with Gasteiger partial charge >= 0.3 is 0 Å². The predicted molar refractivity (Wildman–Crippen MR) is 110 cm³/mol. The summed E-state index contributed by atoms with van der Waals surface area (Å²) in [5, 5.41) is 1.29. The van der Waals surface area contributed by atoms with Crippen LogP contribution in [0.3, 0.4) is 0 Å². The topological polar surface area (TPSA) is 17.1 Å². The van der Waals surface area contributed by atoms with Gasteiger partial charge in [0.1, 0.15) is 5.78 Å². The highest BCUT2D eigenvalue weighted by Gasteiger charge is 2.28. The van der Waals surface area contributed by atoms with Gasteiger partial charge in [-0.3, -0.25) is 4.79 Å². The number of rotatable bonds is 8. The fourth-order valence-electron chi connectivity index (χ4n) is 2.87. The molecular formula is C21H24Br2O. The third kappa shape index (κ3) is 4.58. The summed E-state index contributed by atoms with van der Waals surface area (Å²) in [4.78, 5) is 13.2. The number of carbonyl (C=O) groups excluding carboxylic acids is 1. The molecule has 2 unspecified atom stereocenters. The maximum atomic E-state index is 13.2. The SMILES string of the molecule is CCc1ccc(C(CBr)C(=O)C(CBr)c2ccc(CC)cc2)cc1. The zero-order valence-corrected chi connectivity index (χ0v) is 17.4. The molecule has 0 saturated heterocycles. The van der Waals surface area contributed by atoms with Crippen molar-refractivity contribution in [3.8, 4) is 0 Å². The van der Waals surface area contributed by atoms with Crippen molar-refractivity contribution in [2.24, 2.45) is 0 Å². The molecule has 0 heterocycles. The zero-order chi connectivity index (χ0) is 17.5. The average Bonchev–Trinajstić information content (AvgIpc) is 2.64. The predicted octanol–water partition coefficient (Wildman–Crippen LogP) is 6.04. The smallest absolute Gasteiger partial charge is 0.149 e. The lowest BCUT2D eigenvalue weighted by Crippen LogP contribution is -2.23.